The van der Waals surface area contributed by atoms with Crippen LogP contribution in [0.15, 0.2) is 60.7 Å². The van der Waals surface area contributed by atoms with Crippen LogP contribution >= 0.6 is 17.0 Å². The van der Waals surface area contributed by atoms with E-state index in [4.69, 9.17) is 0 Å². The van der Waals surface area contributed by atoms with E-state index in [-0.39, 0.29) is 40.6 Å². The van der Waals surface area contributed by atoms with Crippen LogP contribution in [0.2, 0.25) is 0 Å². The minimum Gasteiger partial charge on any atom is -0.0622 e. The molecule has 0 saturated carbocycles. The van der Waals surface area contributed by atoms with Gasteiger partial charge < -0.3 is 0 Å². The van der Waals surface area contributed by atoms with E-state index in [1.54, 1.807) is 0 Å². The second kappa shape index (κ2) is 8.82. The van der Waals surface area contributed by atoms with Crippen molar-refractivity contribution >= 4 is 40.6 Å². The van der Waals surface area contributed by atoms with Crippen molar-refractivity contribution < 1.29 is 0 Å². The van der Waals surface area contributed by atoms with Gasteiger partial charge in [0.25, 0.3) is 0 Å². The maximum absolute atomic E-state index is 2.18. The number of benzene rings is 2. The van der Waals surface area contributed by atoms with Gasteiger partial charge in [-0.2, -0.15) is 0 Å². The molecule has 2 rings (SSSR count). The van der Waals surface area contributed by atoms with Crippen LogP contribution in [0.5, 0.6) is 0 Å². The van der Waals surface area contributed by atoms with Gasteiger partial charge in [0.1, 0.15) is 0 Å². The summed E-state index contributed by atoms with van der Waals surface area (Å²) in [4.78, 5) is 0. The van der Waals surface area contributed by atoms with Gasteiger partial charge >= 0.3 is 23.7 Å². The first-order valence-corrected chi connectivity index (χ1v) is 5.03. The molecule has 0 spiro atoms. The monoisotopic (exact) mass is 394 g/mol. The Hall–Kier alpha value is -0.290. The Kier molecular flexibility index (Phi) is 8.66. The number of hydrogen-bond acceptors (Lipinski definition) is 0. The Labute approximate surface area is 125 Å². The molecule has 0 bridgehead atoms. The third kappa shape index (κ3) is 5.16. The van der Waals surface area contributed by atoms with Crippen LogP contribution in [0.25, 0.3) is 0 Å². The van der Waals surface area contributed by atoms with Crippen molar-refractivity contribution in [3.8, 4) is 0 Å². The molecule has 0 aliphatic carbocycles. The summed E-state index contributed by atoms with van der Waals surface area (Å²) in [6, 6.07) is 21.2. The van der Waals surface area contributed by atoms with Crippen LogP contribution < -0.4 is 0 Å². The van der Waals surface area contributed by atoms with Crippen LogP contribution in [0.1, 0.15) is 11.1 Å². The van der Waals surface area contributed by atoms with Crippen LogP contribution in [0.3, 0.4) is 0 Å². The topological polar surface area (TPSA) is 0 Å². The zero-order valence-corrected chi connectivity index (χ0v) is 13.7. The first-order valence-electron chi connectivity index (χ1n) is 5.03. The van der Waals surface area contributed by atoms with Crippen molar-refractivity contribution in [3.63, 3.8) is 0 Å². The summed E-state index contributed by atoms with van der Waals surface area (Å²) in [7, 11) is 0. The Morgan fingerprint density at radius 1 is 0.562 bits per heavy atom. The van der Waals surface area contributed by atoms with Crippen LogP contribution in [-0.2, 0) is 12.8 Å². The minimum atomic E-state index is 0. The van der Waals surface area contributed by atoms with E-state index in [2.05, 4.69) is 60.7 Å². The molecule has 2 aromatic carbocycles. The molecule has 0 amide bonds. The van der Waals surface area contributed by atoms with Gasteiger partial charge in [-0.15, -0.1) is 17.0 Å². The average Bonchev–Trinajstić information content (AvgIpc) is 2.29. The quantitative estimate of drug-likeness (QED) is 0.704. The fourth-order valence-corrected chi connectivity index (χ4v) is 1.58. The van der Waals surface area contributed by atoms with Gasteiger partial charge in [0.15, 0.2) is 0 Å². The Balaban J connectivity index is 0.00000112. The first-order chi connectivity index (χ1) is 6.95. The van der Waals surface area contributed by atoms with Crippen molar-refractivity contribution in [1.29, 1.82) is 0 Å². The van der Waals surface area contributed by atoms with E-state index in [1.807, 2.05) is 0 Å². The molecule has 86 valence electrons. The van der Waals surface area contributed by atoms with Crippen molar-refractivity contribution in [2.45, 2.75) is 12.8 Å². The molecule has 0 unspecified atom stereocenters. The van der Waals surface area contributed by atoms with Gasteiger partial charge in [0.05, 0.1) is 0 Å². The number of rotatable bonds is 3. The molecule has 2 heteroatoms. The van der Waals surface area contributed by atoms with Gasteiger partial charge in [-0.1, -0.05) is 60.7 Å². The first kappa shape index (κ1) is 15.7. The third-order valence-electron chi connectivity index (χ3n) is 2.39. The van der Waals surface area contributed by atoms with E-state index < -0.39 is 0 Å². The smallest absolute Gasteiger partial charge is 0.0238 e. The van der Waals surface area contributed by atoms with E-state index in [0.717, 1.165) is 12.8 Å². The SMILES string of the molecule is Br.[TeH2].c1ccc(CCc2ccccc2)cc1. The van der Waals surface area contributed by atoms with Crippen molar-refractivity contribution in [2.75, 3.05) is 0 Å². The summed E-state index contributed by atoms with van der Waals surface area (Å²) in [5, 5.41) is 0. The summed E-state index contributed by atoms with van der Waals surface area (Å²) in [5.41, 5.74) is 2.83. The summed E-state index contributed by atoms with van der Waals surface area (Å²) in [6.45, 7) is 0. The zero-order chi connectivity index (χ0) is 9.64. The molecular weight excluding hydrogens is 376 g/mol. The predicted molar refractivity (Wildman–Crippen MR) is 79.2 cm³/mol. The third-order valence-corrected chi connectivity index (χ3v) is 2.39. The largest absolute Gasteiger partial charge is 0.0622 e. The normalized spacial score (nSPS) is 8.75. The molecule has 0 radical (unpaired) electrons. The molecule has 0 aliphatic rings. The average molecular weight is 393 g/mol. The second-order valence-electron chi connectivity index (χ2n) is 3.47. The number of hydrogen-bond donors (Lipinski definition) is 0. The van der Waals surface area contributed by atoms with Crippen LogP contribution in [-0.4, -0.2) is 23.7 Å². The van der Waals surface area contributed by atoms with E-state index in [0.29, 0.717) is 0 Å². The van der Waals surface area contributed by atoms with E-state index in [1.165, 1.54) is 11.1 Å². The standard InChI is InChI=1S/C14H14.BrH.H2Te/c1-3-7-13(8-4-1)11-12-14-9-5-2-6-10-14;;/h1-10H,11-12H2;1H;1H2. The van der Waals surface area contributed by atoms with Crippen molar-refractivity contribution in [2.24, 2.45) is 0 Å². The zero-order valence-electron chi connectivity index (χ0n) is 9.10. The maximum Gasteiger partial charge on any atom is -0.0238 e. The summed E-state index contributed by atoms with van der Waals surface area (Å²) >= 11 is 0. The Morgan fingerprint density at radius 3 is 1.19 bits per heavy atom. The number of aryl methyl sites for hydroxylation is 2. The molecule has 0 N–H and O–H groups in total. The van der Waals surface area contributed by atoms with Gasteiger partial charge in [-0.05, 0) is 24.0 Å². The molecule has 0 aromatic heterocycles. The van der Waals surface area contributed by atoms with Crippen molar-refractivity contribution in [1.82, 2.24) is 0 Å². The van der Waals surface area contributed by atoms with Gasteiger partial charge in [-0.25, -0.2) is 0 Å². The van der Waals surface area contributed by atoms with E-state index >= 15 is 0 Å². The number of halogens is 1. The minimum absolute atomic E-state index is 0. The van der Waals surface area contributed by atoms with E-state index in [9.17, 15) is 0 Å². The molecule has 0 heterocycles. The summed E-state index contributed by atoms with van der Waals surface area (Å²) < 4.78 is 0. The summed E-state index contributed by atoms with van der Waals surface area (Å²) in [5.74, 6) is 0. The van der Waals surface area contributed by atoms with Gasteiger partial charge in [-0.3, -0.25) is 0 Å². The molecular formula is C14H17BrTe. The molecule has 0 atom stereocenters. The van der Waals surface area contributed by atoms with Gasteiger partial charge in [0.2, 0.25) is 0 Å². The molecule has 2 aromatic rings. The molecule has 0 fully saturated rings. The molecule has 0 aliphatic heterocycles. The fourth-order valence-electron chi connectivity index (χ4n) is 1.58. The molecule has 16 heavy (non-hydrogen) atoms. The van der Waals surface area contributed by atoms with Crippen LogP contribution in [0, 0.1) is 0 Å². The van der Waals surface area contributed by atoms with Crippen molar-refractivity contribution in [3.05, 3.63) is 71.8 Å². The van der Waals surface area contributed by atoms with Gasteiger partial charge in [0, 0.05) is 0 Å². The fraction of sp³-hybridized carbons (Fsp3) is 0.143. The Bertz CT molecular complexity index is 333. The summed E-state index contributed by atoms with van der Waals surface area (Å²) in [6.07, 6.45) is 2.26. The molecule has 0 nitrogen and oxygen atoms in total. The Morgan fingerprint density at radius 2 is 0.875 bits per heavy atom. The van der Waals surface area contributed by atoms with Crippen LogP contribution in [0.4, 0.5) is 0 Å². The second-order valence-corrected chi connectivity index (χ2v) is 3.47. The molecule has 0 saturated heterocycles. The maximum atomic E-state index is 2.18. The predicted octanol–water partition coefficient (Wildman–Crippen LogP) is 3.13.